The summed E-state index contributed by atoms with van der Waals surface area (Å²) in [6, 6.07) is 15.9. The molecule has 0 N–H and O–H groups in total. The van der Waals surface area contributed by atoms with Crippen molar-refractivity contribution >= 4 is 29.1 Å². The summed E-state index contributed by atoms with van der Waals surface area (Å²) >= 11 is 6.56. The molecule has 0 saturated carbocycles. The summed E-state index contributed by atoms with van der Waals surface area (Å²) in [7, 11) is 1.62. The molecule has 0 spiro atoms. The summed E-state index contributed by atoms with van der Waals surface area (Å²) < 4.78 is 7.51. The molecule has 166 valence electrons. The second-order valence-electron chi connectivity index (χ2n) is 8.03. The summed E-state index contributed by atoms with van der Waals surface area (Å²) in [6.45, 7) is 0.794. The molecule has 33 heavy (non-hydrogen) atoms. The van der Waals surface area contributed by atoms with Crippen LogP contribution in [0.25, 0.3) is 0 Å². The lowest BCUT2D eigenvalue weighted by molar-refractivity contribution is -0.123. The van der Waals surface area contributed by atoms with Crippen molar-refractivity contribution in [1.29, 1.82) is 5.26 Å². The summed E-state index contributed by atoms with van der Waals surface area (Å²) in [5, 5.41) is 14.1. The Kier molecular flexibility index (Phi) is 5.27. The number of benzene rings is 2. The molecule has 2 aromatic carbocycles. The molecule has 0 bridgehead atoms. The number of nitrogens with zero attached hydrogens (tertiary/aromatic N) is 5. The van der Waals surface area contributed by atoms with Gasteiger partial charge in [-0.1, -0.05) is 41.9 Å². The molecule has 2 aliphatic rings. The maximum atomic E-state index is 13.4. The lowest BCUT2D eigenvalue weighted by Crippen LogP contribution is -2.54. The number of carbonyl (C=O) groups excluding carboxylic acids is 2. The SMILES string of the molecule is CN1C(=O)[C@@H](N2CCc3c(nn(Cc4ccccc4)c3Cl)C2=O)COc2ccc(C#N)cc21. The molecular formula is C24H20ClN5O3. The number of ether oxygens (including phenoxy) is 1. The average Bonchev–Trinajstić information content (AvgIpc) is 3.09. The number of nitriles is 1. The van der Waals surface area contributed by atoms with Crippen molar-refractivity contribution in [1.82, 2.24) is 14.7 Å². The standard InChI is InChI=1S/C24H20ClN5O3/c1-28-18-11-16(12-26)7-8-20(18)33-14-19(23(28)31)29-10-9-17-21(24(29)32)27-30(22(17)25)13-15-5-3-2-4-6-15/h2-8,11,19H,9-10,13-14H2,1H3/t19-/m0/s1. The van der Waals surface area contributed by atoms with Crippen molar-refractivity contribution in [3.05, 3.63) is 76.1 Å². The molecule has 1 atom stereocenters. The zero-order valence-corrected chi connectivity index (χ0v) is 18.6. The molecule has 0 saturated heterocycles. The van der Waals surface area contributed by atoms with Gasteiger partial charge in [0.25, 0.3) is 11.8 Å². The Labute approximate surface area is 195 Å². The Hall–Kier alpha value is -3.83. The first-order chi connectivity index (χ1) is 16.0. The van der Waals surface area contributed by atoms with Gasteiger partial charge in [0.1, 0.15) is 23.6 Å². The van der Waals surface area contributed by atoms with Gasteiger partial charge in [0.05, 0.1) is 23.9 Å². The molecule has 0 fully saturated rings. The van der Waals surface area contributed by atoms with Crippen molar-refractivity contribution in [2.45, 2.75) is 19.0 Å². The molecule has 9 heteroatoms. The Balaban J connectivity index is 1.42. The zero-order chi connectivity index (χ0) is 23.1. The van der Waals surface area contributed by atoms with Crippen molar-refractivity contribution in [2.75, 3.05) is 25.1 Å². The normalized spacial score (nSPS) is 17.7. The Morgan fingerprint density at radius 1 is 1.21 bits per heavy atom. The summed E-state index contributed by atoms with van der Waals surface area (Å²) in [5.74, 6) is -0.132. The first-order valence-electron chi connectivity index (χ1n) is 10.5. The molecule has 3 aromatic rings. The van der Waals surface area contributed by atoms with E-state index in [1.54, 1.807) is 29.9 Å². The smallest absolute Gasteiger partial charge is 0.275 e. The van der Waals surface area contributed by atoms with E-state index >= 15 is 0 Å². The van der Waals surface area contributed by atoms with Crippen LogP contribution in [0.3, 0.4) is 0 Å². The summed E-state index contributed by atoms with van der Waals surface area (Å²) in [5.41, 5.74) is 2.92. The van der Waals surface area contributed by atoms with Crippen LogP contribution < -0.4 is 9.64 Å². The van der Waals surface area contributed by atoms with E-state index in [9.17, 15) is 14.9 Å². The van der Waals surface area contributed by atoms with E-state index < -0.39 is 6.04 Å². The van der Waals surface area contributed by atoms with Crippen LogP contribution in [0.5, 0.6) is 5.75 Å². The maximum Gasteiger partial charge on any atom is 0.275 e. The highest BCUT2D eigenvalue weighted by Gasteiger charge is 2.40. The molecule has 0 unspecified atom stereocenters. The quantitative estimate of drug-likeness (QED) is 0.598. The molecule has 0 radical (unpaired) electrons. The van der Waals surface area contributed by atoms with Crippen molar-refractivity contribution < 1.29 is 14.3 Å². The van der Waals surface area contributed by atoms with Crippen LogP contribution in [0.4, 0.5) is 5.69 Å². The van der Waals surface area contributed by atoms with Gasteiger partial charge < -0.3 is 14.5 Å². The summed E-state index contributed by atoms with van der Waals surface area (Å²) in [6.07, 6.45) is 0.494. The molecule has 2 aliphatic heterocycles. The second-order valence-corrected chi connectivity index (χ2v) is 8.39. The number of hydrogen-bond acceptors (Lipinski definition) is 5. The van der Waals surface area contributed by atoms with Crippen molar-refractivity contribution in [3.8, 4) is 11.8 Å². The molecule has 1 aromatic heterocycles. The van der Waals surface area contributed by atoms with Gasteiger partial charge in [-0.15, -0.1) is 0 Å². The number of amides is 2. The van der Waals surface area contributed by atoms with Gasteiger partial charge in [0.15, 0.2) is 5.69 Å². The van der Waals surface area contributed by atoms with Crippen LogP contribution in [0, 0.1) is 11.3 Å². The topological polar surface area (TPSA) is 91.5 Å². The monoisotopic (exact) mass is 461 g/mol. The van der Waals surface area contributed by atoms with Crippen LogP contribution in [-0.2, 0) is 17.8 Å². The highest BCUT2D eigenvalue weighted by molar-refractivity contribution is 6.31. The zero-order valence-electron chi connectivity index (χ0n) is 17.9. The maximum absolute atomic E-state index is 13.4. The number of halogens is 1. The highest BCUT2D eigenvalue weighted by atomic mass is 35.5. The van der Waals surface area contributed by atoms with Gasteiger partial charge in [-0.3, -0.25) is 9.59 Å². The minimum atomic E-state index is -0.813. The number of aromatic nitrogens is 2. The van der Waals surface area contributed by atoms with Crippen LogP contribution in [0.15, 0.2) is 48.5 Å². The van der Waals surface area contributed by atoms with Gasteiger partial charge in [-0.25, -0.2) is 4.68 Å². The number of likely N-dealkylation sites (N-methyl/N-ethyl adjacent to an activating group) is 1. The molecule has 0 aliphatic carbocycles. The van der Waals surface area contributed by atoms with Gasteiger partial charge in [-0.2, -0.15) is 10.4 Å². The first kappa shape index (κ1) is 21.0. The van der Waals surface area contributed by atoms with Crippen LogP contribution in [0.2, 0.25) is 5.15 Å². The third-order valence-electron chi connectivity index (χ3n) is 6.06. The van der Waals surface area contributed by atoms with E-state index in [4.69, 9.17) is 16.3 Å². The van der Waals surface area contributed by atoms with E-state index in [0.717, 1.165) is 5.56 Å². The van der Waals surface area contributed by atoms with E-state index in [-0.39, 0.29) is 24.1 Å². The highest BCUT2D eigenvalue weighted by Crippen LogP contribution is 2.34. The van der Waals surface area contributed by atoms with E-state index in [2.05, 4.69) is 11.2 Å². The first-order valence-corrected chi connectivity index (χ1v) is 10.9. The fourth-order valence-corrected chi connectivity index (χ4v) is 4.56. The molecule has 8 nitrogen and oxygen atoms in total. The minimum absolute atomic E-state index is 0.0155. The van der Waals surface area contributed by atoms with E-state index in [1.165, 1.54) is 9.80 Å². The molecular weight excluding hydrogens is 442 g/mol. The average molecular weight is 462 g/mol. The Bertz CT molecular complexity index is 1300. The van der Waals surface area contributed by atoms with Crippen LogP contribution >= 0.6 is 11.6 Å². The van der Waals surface area contributed by atoms with E-state index in [0.29, 0.717) is 47.2 Å². The van der Waals surface area contributed by atoms with Crippen molar-refractivity contribution in [2.24, 2.45) is 0 Å². The fourth-order valence-electron chi connectivity index (χ4n) is 4.28. The van der Waals surface area contributed by atoms with Gasteiger partial charge >= 0.3 is 0 Å². The van der Waals surface area contributed by atoms with Crippen LogP contribution in [0.1, 0.15) is 27.2 Å². The lowest BCUT2D eigenvalue weighted by atomic mass is 10.0. The third kappa shape index (κ3) is 3.60. The fraction of sp³-hybridized carbons (Fsp3) is 0.250. The predicted molar refractivity (Wildman–Crippen MR) is 121 cm³/mol. The second kappa shape index (κ2) is 8.26. The Morgan fingerprint density at radius 3 is 2.76 bits per heavy atom. The van der Waals surface area contributed by atoms with Gasteiger partial charge in [0, 0.05) is 19.2 Å². The Morgan fingerprint density at radius 2 is 2.00 bits per heavy atom. The largest absolute Gasteiger partial charge is 0.489 e. The predicted octanol–water partition coefficient (Wildman–Crippen LogP) is 2.88. The van der Waals surface area contributed by atoms with Gasteiger partial charge in [-0.05, 0) is 30.2 Å². The third-order valence-corrected chi connectivity index (χ3v) is 6.48. The van der Waals surface area contributed by atoms with Gasteiger partial charge in [0.2, 0.25) is 0 Å². The number of hydrogen-bond donors (Lipinski definition) is 0. The van der Waals surface area contributed by atoms with E-state index in [1.807, 2.05) is 30.3 Å². The number of carbonyl (C=O) groups is 2. The number of rotatable bonds is 3. The molecule has 5 rings (SSSR count). The number of fused-ring (bicyclic) bond motifs is 2. The minimum Gasteiger partial charge on any atom is -0.489 e. The number of anilines is 1. The molecule has 2 amide bonds. The van der Waals surface area contributed by atoms with Crippen molar-refractivity contribution in [3.63, 3.8) is 0 Å². The molecule has 3 heterocycles. The lowest BCUT2D eigenvalue weighted by Gasteiger charge is -2.33. The summed E-state index contributed by atoms with van der Waals surface area (Å²) in [4.78, 5) is 29.6. The van der Waals surface area contributed by atoms with Crippen LogP contribution in [-0.4, -0.2) is 52.7 Å².